The van der Waals surface area contributed by atoms with E-state index in [2.05, 4.69) is 0 Å². The van der Waals surface area contributed by atoms with Crippen molar-refractivity contribution in [3.05, 3.63) is 47.5 Å². The van der Waals surface area contributed by atoms with Crippen LogP contribution in [0.2, 0.25) is 0 Å². The van der Waals surface area contributed by atoms with E-state index in [1.807, 2.05) is 0 Å². The zero-order chi connectivity index (χ0) is 15.0. The summed E-state index contributed by atoms with van der Waals surface area (Å²) in [5.41, 5.74) is -0.178. The molecule has 1 aromatic rings. The van der Waals surface area contributed by atoms with Crippen molar-refractivity contribution < 1.29 is 29.0 Å². The normalized spacial score (nSPS) is 10.2. The van der Waals surface area contributed by atoms with E-state index in [1.54, 1.807) is 6.92 Å². The third-order valence-electron chi connectivity index (χ3n) is 2.24. The molecule has 0 aliphatic carbocycles. The van der Waals surface area contributed by atoms with Gasteiger partial charge in [0.1, 0.15) is 13.2 Å². The molecule has 0 fully saturated rings. The summed E-state index contributed by atoms with van der Waals surface area (Å²) in [5.74, 6) is -2.52. The fourth-order valence-electron chi connectivity index (χ4n) is 1.39. The highest BCUT2D eigenvalue weighted by Crippen LogP contribution is 2.10. The van der Waals surface area contributed by atoms with Gasteiger partial charge in [-0.25, -0.2) is 14.4 Å². The van der Waals surface area contributed by atoms with Gasteiger partial charge in [-0.05, 0) is 19.1 Å². The maximum absolute atomic E-state index is 11.7. The van der Waals surface area contributed by atoms with Gasteiger partial charge in [-0.15, -0.1) is 0 Å². The standard InChI is InChI=1S/C14H14O6/c1-2-5-12(15)19-8-9-20-14(18)11-7-4-3-6-10(11)13(16)17/h2-7H,8-9H2,1H3,(H,16,17). The summed E-state index contributed by atoms with van der Waals surface area (Å²) in [4.78, 5) is 33.6. The number of carboxylic acids is 1. The molecule has 0 aromatic heterocycles. The Labute approximate surface area is 115 Å². The van der Waals surface area contributed by atoms with E-state index in [1.165, 1.54) is 36.4 Å². The highest BCUT2D eigenvalue weighted by Gasteiger charge is 2.16. The number of hydrogen-bond acceptors (Lipinski definition) is 5. The molecule has 0 amide bonds. The maximum Gasteiger partial charge on any atom is 0.339 e. The van der Waals surface area contributed by atoms with Gasteiger partial charge in [0.05, 0.1) is 11.1 Å². The van der Waals surface area contributed by atoms with Gasteiger partial charge in [0.15, 0.2) is 0 Å². The molecule has 6 heteroatoms. The van der Waals surface area contributed by atoms with Crippen LogP contribution in [0.4, 0.5) is 0 Å². The van der Waals surface area contributed by atoms with E-state index in [4.69, 9.17) is 14.6 Å². The third kappa shape index (κ3) is 4.56. The van der Waals surface area contributed by atoms with Gasteiger partial charge in [-0.2, -0.15) is 0 Å². The molecule has 1 rings (SSSR count). The topological polar surface area (TPSA) is 89.9 Å². The van der Waals surface area contributed by atoms with E-state index in [0.717, 1.165) is 0 Å². The number of benzene rings is 1. The minimum atomic E-state index is -1.21. The van der Waals surface area contributed by atoms with E-state index in [0.29, 0.717) is 0 Å². The van der Waals surface area contributed by atoms with Crippen LogP contribution < -0.4 is 0 Å². The third-order valence-corrected chi connectivity index (χ3v) is 2.24. The van der Waals surface area contributed by atoms with Gasteiger partial charge >= 0.3 is 17.9 Å². The smallest absolute Gasteiger partial charge is 0.339 e. The second kappa shape index (κ2) is 7.73. The summed E-state index contributed by atoms with van der Waals surface area (Å²) >= 11 is 0. The first-order valence-corrected chi connectivity index (χ1v) is 5.85. The van der Waals surface area contributed by atoms with Crippen molar-refractivity contribution in [2.75, 3.05) is 13.2 Å². The zero-order valence-electron chi connectivity index (χ0n) is 10.9. The van der Waals surface area contributed by atoms with Gasteiger partial charge < -0.3 is 14.6 Å². The molecule has 0 heterocycles. The SMILES string of the molecule is CC=CC(=O)OCCOC(=O)c1ccccc1C(=O)O. The van der Waals surface area contributed by atoms with Crippen LogP contribution in [0.3, 0.4) is 0 Å². The fraction of sp³-hybridized carbons (Fsp3) is 0.214. The van der Waals surface area contributed by atoms with Crippen molar-refractivity contribution >= 4 is 17.9 Å². The molecule has 0 bridgehead atoms. The van der Waals surface area contributed by atoms with E-state index in [-0.39, 0.29) is 24.3 Å². The van der Waals surface area contributed by atoms with Gasteiger partial charge in [0.25, 0.3) is 0 Å². The molecule has 6 nitrogen and oxygen atoms in total. The summed E-state index contributed by atoms with van der Waals surface area (Å²) in [6.45, 7) is 1.43. The van der Waals surface area contributed by atoms with Crippen molar-refractivity contribution in [3.63, 3.8) is 0 Å². The minimum absolute atomic E-state index is 0.0419. The Hall–Kier alpha value is -2.63. The Kier molecular flexibility index (Phi) is 5.96. The maximum atomic E-state index is 11.7. The molecular weight excluding hydrogens is 264 g/mol. The molecule has 0 saturated heterocycles. The van der Waals surface area contributed by atoms with Gasteiger partial charge in [-0.1, -0.05) is 18.2 Å². The molecule has 0 radical (unpaired) electrons. The van der Waals surface area contributed by atoms with Gasteiger partial charge in [0.2, 0.25) is 0 Å². The van der Waals surface area contributed by atoms with Crippen LogP contribution in [0.15, 0.2) is 36.4 Å². The van der Waals surface area contributed by atoms with Crippen LogP contribution in [0.5, 0.6) is 0 Å². The van der Waals surface area contributed by atoms with E-state index in [9.17, 15) is 14.4 Å². The highest BCUT2D eigenvalue weighted by molar-refractivity contribution is 6.02. The number of esters is 2. The van der Waals surface area contributed by atoms with Crippen molar-refractivity contribution in [1.29, 1.82) is 0 Å². The first-order valence-electron chi connectivity index (χ1n) is 5.85. The molecule has 0 saturated carbocycles. The van der Waals surface area contributed by atoms with Crippen molar-refractivity contribution in [2.24, 2.45) is 0 Å². The Bertz CT molecular complexity index is 532. The second-order valence-corrected chi connectivity index (χ2v) is 3.65. The molecule has 0 atom stereocenters. The van der Waals surface area contributed by atoms with E-state index < -0.39 is 17.9 Å². The number of carboxylic acid groups (broad SMARTS) is 1. The molecule has 0 aliphatic rings. The number of aromatic carboxylic acids is 1. The molecule has 0 unspecified atom stereocenters. The van der Waals surface area contributed by atoms with Crippen LogP contribution in [0.1, 0.15) is 27.6 Å². The summed E-state index contributed by atoms with van der Waals surface area (Å²) in [5, 5.41) is 8.93. The zero-order valence-corrected chi connectivity index (χ0v) is 10.9. The summed E-state index contributed by atoms with van der Waals surface area (Å²) in [6.07, 6.45) is 2.76. The molecular formula is C14H14O6. The Morgan fingerprint density at radius 3 is 2.30 bits per heavy atom. The minimum Gasteiger partial charge on any atom is -0.478 e. The van der Waals surface area contributed by atoms with E-state index >= 15 is 0 Å². The number of ether oxygens (including phenoxy) is 2. The fourth-order valence-corrected chi connectivity index (χ4v) is 1.39. The second-order valence-electron chi connectivity index (χ2n) is 3.65. The molecule has 20 heavy (non-hydrogen) atoms. The summed E-state index contributed by atoms with van der Waals surface area (Å²) < 4.78 is 9.57. The molecule has 1 N–H and O–H groups in total. The predicted octanol–water partition coefficient (Wildman–Crippen LogP) is 1.66. The summed E-state index contributed by atoms with van der Waals surface area (Å²) in [6, 6.07) is 5.72. The Morgan fingerprint density at radius 2 is 1.70 bits per heavy atom. The Balaban J connectivity index is 2.52. The van der Waals surface area contributed by atoms with Gasteiger partial charge in [-0.3, -0.25) is 0 Å². The lowest BCUT2D eigenvalue weighted by atomic mass is 10.1. The van der Waals surface area contributed by atoms with Crippen molar-refractivity contribution in [3.8, 4) is 0 Å². The van der Waals surface area contributed by atoms with Crippen molar-refractivity contribution in [1.82, 2.24) is 0 Å². The average Bonchev–Trinajstić information content (AvgIpc) is 2.43. The number of carbonyl (C=O) groups excluding carboxylic acids is 2. The van der Waals surface area contributed by atoms with Crippen LogP contribution in [0.25, 0.3) is 0 Å². The first-order chi connectivity index (χ1) is 9.56. The number of carbonyl (C=O) groups is 3. The molecule has 1 aromatic carbocycles. The van der Waals surface area contributed by atoms with Gasteiger partial charge in [0, 0.05) is 6.08 Å². The first kappa shape index (κ1) is 15.4. The van der Waals surface area contributed by atoms with Crippen LogP contribution in [0, 0.1) is 0 Å². The number of rotatable bonds is 6. The number of allylic oxidation sites excluding steroid dienone is 1. The van der Waals surface area contributed by atoms with Crippen LogP contribution >= 0.6 is 0 Å². The molecule has 0 spiro atoms. The number of hydrogen-bond donors (Lipinski definition) is 1. The van der Waals surface area contributed by atoms with Crippen LogP contribution in [-0.2, 0) is 14.3 Å². The average molecular weight is 278 g/mol. The predicted molar refractivity (Wildman–Crippen MR) is 69.5 cm³/mol. The molecule has 0 aliphatic heterocycles. The summed E-state index contributed by atoms with van der Waals surface area (Å²) in [7, 11) is 0. The Morgan fingerprint density at radius 1 is 1.10 bits per heavy atom. The van der Waals surface area contributed by atoms with Crippen molar-refractivity contribution in [2.45, 2.75) is 6.92 Å². The molecule has 106 valence electrons. The largest absolute Gasteiger partial charge is 0.478 e. The quantitative estimate of drug-likeness (QED) is 0.483. The van der Waals surface area contributed by atoms with Crippen LogP contribution in [-0.4, -0.2) is 36.2 Å². The monoisotopic (exact) mass is 278 g/mol. The highest BCUT2D eigenvalue weighted by atomic mass is 16.6. The lowest BCUT2D eigenvalue weighted by Gasteiger charge is -2.07. The lowest BCUT2D eigenvalue weighted by molar-refractivity contribution is -0.138. The lowest BCUT2D eigenvalue weighted by Crippen LogP contribution is -2.15.